The highest BCUT2D eigenvalue weighted by Crippen LogP contribution is 2.31. The SMILES string of the molecule is C[S+]([O-])c1cc(-c2ccc(C(F)(F)F)cc2)ccc1C#N. The van der Waals surface area contributed by atoms with Gasteiger partial charge in [0.05, 0.1) is 5.56 Å². The monoisotopic (exact) mass is 309 g/mol. The van der Waals surface area contributed by atoms with E-state index in [0.717, 1.165) is 12.1 Å². The van der Waals surface area contributed by atoms with Gasteiger partial charge in [0, 0.05) is 6.07 Å². The summed E-state index contributed by atoms with van der Waals surface area (Å²) >= 11 is -1.35. The zero-order chi connectivity index (χ0) is 15.6. The van der Waals surface area contributed by atoms with Crippen molar-refractivity contribution in [1.29, 1.82) is 5.26 Å². The van der Waals surface area contributed by atoms with Crippen molar-refractivity contribution in [3.05, 3.63) is 53.6 Å². The van der Waals surface area contributed by atoms with Crippen molar-refractivity contribution in [3.8, 4) is 17.2 Å². The second kappa shape index (κ2) is 5.80. The summed E-state index contributed by atoms with van der Waals surface area (Å²) in [4.78, 5) is 0.370. The topological polar surface area (TPSA) is 46.8 Å². The van der Waals surface area contributed by atoms with E-state index in [1.54, 1.807) is 12.1 Å². The van der Waals surface area contributed by atoms with Gasteiger partial charge in [0.25, 0.3) is 0 Å². The van der Waals surface area contributed by atoms with Crippen LogP contribution in [0.25, 0.3) is 11.1 Å². The summed E-state index contributed by atoms with van der Waals surface area (Å²) in [5.41, 5.74) is 0.762. The van der Waals surface area contributed by atoms with Gasteiger partial charge in [0.1, 0.15) is 17.9 Å². The second-order valence-corrected chi connectivity index (χ2v) is 5.70. The Kier molecular flexibility index (Phi) is 4.26. The fourth-order valence-electron chi connectivity index (χ4n) is 1.88. The molecule has 2 rings (SSSR count). The summed E-state index contributed by atoms with van der Waals surface area (Å²) in [6.45, 7) is 0. The van der Waals surface area contributed by atoms with E-state index in [1.807, 2.05) is 6.07 Å². The number of nitriles is 1. The maximum atomic E-state index is 12.5. The van der Waals surface area contributed by atoms with E-state index < -0.39 is 22.9 Å². The minimum atomic E-state index is -4.38. The predicted molar refractivity (Wildman–Crippen MR) is 73.9 cm³/mol. The molecule has 0 aliphatic carbocycles. The van der Waals surface area contributed by atoms with Crippen LogP contribution in [0.2, 0.25) is 0 Å². The number of rotatable bonds is 2. The Morgan fingerprint density at radius 1 is 1.05 bits per heavy atom. The fraction of sp³-hybridized carbons (Fsp3) is 0.133. The molecular formula is C15H10F3NOS. The first-order valence-electron chi connectivity index (χ1n) is 5.88. The lowest BCUT2D eigenvalue weighted by Crippen LogP contribution is -2.04. The van der Waals surface area contributed by atoms with Crippen LogP contribution in [0.15, 0.2) is 47.4 Å². The number of nitrogens with zero attached hydrogens (tertiary/aromatic N) is 1. The predicted octanol–water partition coefficient (Wildman–Crippen LogP) is 3.98. The molecule has 1 unspecified atom stereocenters. The van der Waals surface area contributed by atoms with Gasteiger partial charge in [-0.25, -0.2) is 0 Å². The molecule has 2 aromatic rings. The van der Waals surface area contributed by atoms with Crippen LogP contribution in [0.4, 0.5) is 13.2 Å². The zero-order valence-electron chi connectivity index (χ0n) is 10.9. The molecule has 0 heterocycles. The van der Waals surface area contributed by atoms with Gasteiger partial charge in [-0.15, -0.1) is 0 Å². The third-order valence-electron chi connectivity index (χ3n) is 2.96. The summed E-state index contributed by atoms with van der Waals surface area (Å²) in [5, 5.41) is 8.95. The van der Waals surface area contributed by atoms with E-state index in [-0.39, 0.29) is 0 Å². The summed E-state index contributed by atoms with van der Waals surface area (Å²) in [6.07, 6.45) is -2.92. The minimum Gasteiger partial charge on any atom is -0.612 e. The van der Waals surface area contributed by atoms with Gasteiger partial charge in [-0.1, -0.05) is 18.2 Å². The molecule has 0 saturated heterocycles. The van der Waals surface area contributed by atoms with Gasteiger partial charge in [-0.05, 0) is 40.5 Å². The average molecular weight is 309 g/mol. The molecule has 0 bridgehead atoms. The molecule has 21 heavy (non-hydrogen) atoms. The Bertz CT molecular complexity index is 688. The number of benzene rings is 2. The molecule has 0 N–H and O–H groups in total. The van der Waals surface area contributed by atoms with Crippen LogP contribution in [0.3, 0.4) is 0 Å². The third kappa shape index (κ3) is 3.38. The van der Waals surface area contributed by atoms with Gasteiger partial charge in [-0.3, -0.25) is 0 Å². The van der Waals surface area contributed by atoms with Crippen molar-refractivity contribution in [2.24, 2.45) is 0 Å². The molecule has 0 radical (unpaired) electrons. The third-order valence-corrected chi connectivity index (χ3v) is 3.91. The quantitative estimate of drug-likeness (QED) is 0.788. The Morgan fingerprint density at radius 3 is 2.10 bits per heavy atom. The summed E-state index contributed by atoms with van der Waals surface area (Å²) in [7, 11) is 0. The zero-order valence-corrected chi connectivity index (χ0v) is 11.8. The molecule has 0 aliphatic rings. The van der Waals surface area contributed by atoms with E-state index in [1.165, 1.54) is 24.5 Å². The van der Waals surface area contributed by atoms with E-state index in [2.05, 4.69) is 0 Å². The van der Waals surface area contributed by atoms with Gasteiger partial charge < -0.3 is 4.55 Å². The number of halogens is 3. The standard InChI is InChI=1S/C15H10F3NOS/c1-21(20)14-8-11(2-3-12(14)9-19)10-4-6-13(7-5-10)15(16,17)18/h2-8H,1H3. The molecule has 2 nitrogen and oxygen atoms in total. The van der Waals surface area contributed by atoms with Crippen LogP contribution < -0.4 is 0 Å². The van der Waals surface area contributed by atoms with Crippen molar-refractivity contribution in [3.63, 3.8) is 0 Å². The molecule has 0 aliphatic heterocycles. The van der Waals surface area contributed by atoms with Gasteiger partial charge >= 0.3 is 6.18 Å². The highest BCUT2D eigenvalue weighted by molar-refractivity contribution is 7.90. The molecule has 0 spiro atoms. The van der Waals surface area contributed by atoms with E-state index in [4.69, 9.17) is 5.26 Å². The molecule has 108 valence electrons. The summed E-state index contributed by atoms with van der Waals surface area (Å²) in [5.74, 6) is 0. The van der Waals surface area contributed by atoms with Crippen molar-refractivity contribution in [2.75, 3.05) is 6.26 Å². The largest absolute Gasteiger partial charge is 0.612 e. The van der Waals surface area contributed by atoms with Crippen molar-refractivity contribution < 1.29 is 17.7 Å². The van der Waals surface area contributed by atoms with Crippen LogP contribution in [0.5, 0.6) is 0 Å². The molecular weight excluding hydrogens is 299 g/mol. The van der Waals surface area contributed by atoms with Crippen LogP contribution in [0, 0.1) is 11.3 Å². The van der Waals surface area contributed by atoms with Crippen LogP contribution in [-0.2, 0) is 17.4 Å². The van der Waals surface area contributed by atoms with Crippen molar-refractivity contribution in [2.45, 2.75) is 11.1 Å². The lowest BCUT2D eigenvalue weighted by molar-refractivity contribution is -0.137. The minimum absolute atomic E-state index is 0.298. The molecule has 0 amide bonds. The fourth-order valence-corrected chi connectivity index (χ4v) is 2.60. The van der Waals surface area contributed by atoms with E-state index in [9.17, 15) is 17.7 Å². The van der Waals surface area contributed by atoms with Gasteiger partial charge in [0.15, 0.2) is 4.90 Å². The number of alkyl halides is 3. The second-order valence-electron chi connectivity index (χ2n) is 4.35. The average Bonchev–Trinajstić information content (AvgIpc) is 2.45. The Labute approximate surface area is 123 Å². The normalized spacial score (nSPS) is 12.8. The summed E-state index contributed by atoms with van der Waals surface area (Å²) in [6, 6.07) is 11.3. The maximum absolute atomic E-state index is 12.5. The first kappa shape index (κ1) is 15.4. The lowest BCUT2D eigenvalue weighted by Gasteiger charge is -2.10. The van der Waals surface area contributed by atoms with Crippen molar-refractivity contribution >= 4 is 11.2 Å². The first-order chi connectivity index (χ1) is 9.82. The van der Waals surface area contributed by atoms with Crippen LogP contribution in [-0.4, -0.2) is 10.8 Å². The first-order valence-corrected chi connectivity index (χ1v) is 7.44. The smallest absolute Gasteiger partial charge is 0.416 e. The van der Waals surface area contributed by atoms with Gasteiger partial charge in [-0.2, -0.15) is 18.4 Å². The molecule has 2 aromatic carbocycles. The number of hydrogen-bond acceptors (Lipinski definition) is 2. The van der Waals surface area contributed by atoms with Gasteiger partial charge in [0.2, 0.25) is 0 Å². The van der Waals surface area contributed by atoms with E-state index >= 15 is 0 Å². The molecule has 0 aromatic heterocycles. The van der Waals surface area contributed by atoms with Crippen molar-refractivity contribution in [1.82, 2.24) is 0 Å². The summed E-state index contributed by atoms with van der Waals surface area (Å²) < 4.78 is 49.1. The molecule has 1 atom stereocenters. The van der Waals surface area contributed by atoms with E-state index in [0.29, 0.717) is 21.6 Å². The molecule has 0 saturated carbocycles. The maximum Gasteiger partial charge on any atom is 0.416 e. The molecule has 0 fully saturated rings. The number of hydrogen-bond donors (Lipinski definition) is 0. The Balaban J connectivity index is 2.43. The Morgan fingerprint density at radius 2 is 1.62 bits per heavy atom. The van der Waals surface area contributed by atoms with Crippen LogP contribution in [0.1, 0.15) is 11.1 Å². The Hall–Kier alpha value is -1.97. The highest BCUT2D eigenvalue weighted by atomic mass is 32.2. The van der Waals surface area contributed by atoms with Crippen LogP contribution >= 0.6 is 0 Å². The lowest BCUT2D eigenvalue weighted by atomic mass is 10.0. The molecule has 6 heteroatoms. The highest BCUT2D eigenvalue weighted by Gasteiger charge is 2.30.